The third kappa shape index (κ3) is 1.50. The molecule has 0 fully saturated rings. The molecular formula is C10H13NS. The Morgan fingerprint density at radius 3 is 2.75 bits per heavy atom. The Morgan fingerprint density at radius 1 is 1.25 bits per heavy atom. The first kappa shape index (κ1) is 8.14. The summed E-state index contributed by atoms with van der Waals surface area (Å²) in [5.74, 6) is 0. The Labute approximate surface area is 77.9 Å². The quantitative estimate of drug-likeness (QED) is 0.609. The number of hydrogen-bond acceptors (Lipinski definition) is 2. The van der Waals surface area contributed by atoms with Gasteiger partial charge < -0.3 is 0 Å². The van der Waals surface area contributed by atoms with Crippen LogP contribution < -0.4 is 0 Å². The maximum absolute atomic E-state index is 2.41. The summed E-state index contributed by atoms with van der Waals surface area (Å²) in [7, 11) is 0. The van der Waals surface area contributed by atoms with Crippen LogP contribution in [0.4, 0.5) is 0 Å². The van der Waals surface area contributed by atoms with E-state index in [9.17, 15) is 0 Å². The summed E-state index contributed by atoms with van der Waals surface area (Å²) >= 11 is 1.84. The van der Waals surface area contributed by atoms with Gasteiger partial charge in [-0.3, -0.25) is 0 Å². The lowest BCUT2D eigenvalue weighted by Gasteiger charge is -2.26. The molecule has 0 aliphatic carbocycles. The highest BCUT2D eigenvalue weighted by Gasteiger charge is 2.13. The number of rotatable bonds is 1. The SMILES string of the molecule is CSN1CCc2ccccc2C1. The summed E-state index contributed by atoms with van der Waals surface area (Å²) in [6, 6.07) is 8.74. The van der Waals surface area contributed by atoms with Crippen LogP contribution in [0.3, 0.4) is 0 Å². The van der Waals surface area contributed by atoms with Gasteiger partial charge in [0.1, 0.15) is 0 Å². The van der Waals surface area contributed by atoms with E-state index in [1.54, 1.807) is 0 Å². The van der Waals surface area contributed by atoms with E-state index < -0.39 is 0 Å². The molecule has 0 spiro atoms. The molecule has 0 amide bonds. The summed E-state index contributed by atoms with van der Waals surface area (Å²) < 4.78 is 2.41. The van der Waals surface area contributed by atoms with Crippen LogP contribution in [0.15, 0.2) is 24.3 Å². The molecule has 1 aromatic carbocycles. The fourth-order valence-corrected chi connectivity index (χ4v) is 2.17. The normalized spacial score (nSPS) is 17.4. The minimum Gasteiger partial charge on any atom is -0.246 e. The minimum atomic E-state index is 1.11. The highest BCUT2D eigenvalue weighted by Crippen LogP contribution is 2.21. The summed E-state index contributed by atoms with van der Waals surface area (Å²) in [4.78, 5) is 0. The van der Waals surface area contributed by atoms with Crippen LogP contribution in [-0.4, -0.2) is 17.1 Å². The van der Waals surface area contributed by atoms with Gasteiger partial charge in [0.05, 0.1) is 0 Å². The first-order valence-electron chi connectivity index (χ1n) is 4.26. The highest BCUT2D eigenvalue weighted by atomic mass is 32.2. The molecule has 0 saturated heterocycles. The molecular weight excluding hydrogens is 166 g/mol. The Hall–Kier alpha value is -0.470. The Bertz CT molecular complexity index is 272. The van der Waals surface area contributed by atoms with Crippen molar-refractivity contribution in [2.75, 3.05) is 12.8 Å². The van der Waals surface area contributed by atoms with Crippen molar-refractivity contribution in [3.8, 4) is 0 Å². The Kier molecular flexibility index (Phi) is 2.38. The molecule has 0 bridgehead atoms. The Morgan fingerprint density at radius 2 is 2.00 bits per heavy atom. The van der Waals surface area contributed by atoms with E-state index in [1.165, 1.54) is 24.1 Å². The van der Waals surface area contributed by atoms with Crippen molar-refractivity contribution in [2.45, 2.75) is 13.0 Å². The zero-order chi connectivity index (χ0) is 8.39. The molecule has 1 aliphatic heterocycles. The van der Waals surface area contributed by atoms with Gasteiger partial charge in [0.15, 0.2) is 0 Å². The third-order valence-corrected chi connectivity index (χ3v) is 3.18. The second-order valence-electron chi connectivity index (χ2n) is 3.06. The van der Waals surface area contributed by atoms with Crippen LogP contribution in [0.5, 0.6) is 0 Å². The fraction of sp³-hybridized carbons (Fsp3) is 0.400. The maximum atomic E-state index is 2.41. The van der Waals surface area contributed by atoms with E-state index in [4.69, 9.17) is 0 Å². The number of nitrogens with zero attached hydrogens (tertiary/aromatic N) is 1. The molecule has 1 nitrogen and oxygen atoms in total. The molecule has 64 valence electrons. The molecule has 2 heteroatoms. The second-order valence-corrected chi connectivity index (χ2v) is 3.95. The predicted molar refractivity (Wildman–Crippen MR) is 54.1 cm³/mol. The van der Waals surface area contributed by atoms with Gasteiger partial charge in [-0.2, -0.15) is 0 Å². The lowest BCUT2D eigenvalue weighted by Crippen LogP contribution is -2.23. The first-order chi connectivity index (χ1) is 5.90. The summed E-state index contributed by atoms with van der Waals surface area (Å²) in [5.41, 5.74) is 3.03. The molecule has 0 aromatic heterocycles. The van der Waals surface area contributed by atoms with Crippen LogP contribution in [0.1, 0.15) is 11.1 Å². The van der Waals surface area contributed by atoms with Gasteiger partial charge in [-0.1, -0.05) is 36.2 Å². The minimum absolute atomic E-state index is 1.11. The second kappa shape index (κ2) is 3.50. The summed E-state index contributed by atoms with van der Waals surface area (Å²) in [6.07, 6.45) is 3.35. The number of fused-ring (bicyclic) bond motifs is 1. The molecule has 0 unspecified atom stereocenters. The smallest absolute Gasteiger partial charge is 0.0343 e. The number of hydrogen-bond donors (Lipinski definition) is 0. The highest BCUT2D eigenvalue weighted by molar-refractivity contribution is 7.96. The molecule has 0 atom stereocenters. The topological polar surface area (TPSA) is 3.24 Å². The van der Waals surface area contributed by atoms with Crippen LogP contribution in [0, 0.1) is 0 Å². The summed E-state index contributed by atoms with van der Waals surface area (Å²) in [5, 5.41) is 0. The van der Waals surface area contributed by atoms with E-state index in [0.29, 0.717) is 0 Å². The standard InChI is InChI=1S/C10H13NS/c1-12-11-7-6-9-4-2-3-5-10(9)8-11/h2-5H,6-8H2,1H3. The predicted octanol–water partition coefficient (Wildman–Crippen LogP) is 2.32. The molecule has 0 saturated carbocycles. The van der Waals surface area contributed by atoms with Gasteiger partial charge in [-0.25, -0.2) is 4.31 Å². The van der Waals surface area contributed by atoms with E-state index >= 15 is 0 Å². The monoisotopic (exact) mass is 179 g/mol. The maximum Gasteiger partial charge on any atom is 0.0343 e. The average molecular weight is 179 g/mol. The molecule has 1 aliphatic rings. The molecule has 1 heterocycles. The van der Waals surface area contributed by atoms with Crippen molar-refractivity contribution >= 4 is 11.9 Å². The van der Waals surface area contributed by atoms with Gasteiger partial charge in [0, 0.05) is 13.1 Å². The van der Waals surface area contributed by atoms with Crippen LogP contribution in [0.2, 0.25) is 0 Å². The van der Waals surface area contributed by atoms with Crippen LogP contribution >= 0.6 is 11.9 Å². The van der Waals surface area contributed by atoms with Gasteiger partial charge in [-0.05, 0) is 23.8 Å². The van der Waals surface area contributed by atoms with Crippen molar-refractivity contribution in [1.82, 2.24) is 4.31 Å². The van der Waals surface area contributed by atoms with E-state index in [2.05, 4.69) is 34.8 Å². The third-order valence-electron chi connectivity index (χ3n) is 2.35. The van der Waals surface area contributed by atoms with E-state index in [0.717, 1.165) is 6.54 Å². The van der Waals surface area contributed by atoms with Crippen molar-refractivity contribution in [3.63, 3.8) is 0 Å². The molecule has 0 radical (unpaired) electrons. The van der Waals surface area contributed by atoms with Crippen molar-refractivity contribution < 1.29 is 0 Å². The lowest BCUT2D eigenvalue weighted by molar-refractivity contribution is 0.446. The van der Waals surface area contributed by atoms with Crippen LogP contribution in [-0.2, 0) is 13.0 Å². The summed E-state index contributed by atoms with van der Waals surface area (Å²) in [6.45, 7) is 2.30. The van der Waals surface area contributed by atoms with Gasteiger partial charge in [-0.15, -0.1) is 0 Å². The van der Waals surface area contributed by atoms with Crippen molar-refractivity contribution in [2.24, 2.45) is 0 Å². The average Bonchev–Trinajstić information content (AvgIpc) is 2.17. The van der Waals surface area contributed by atoms with Gasteiger partial charge in [0.2, 0.25) is 0 Å². The first-order valence-corrected chi connectivity index (χ1v) is 5.44. The molecule has 12 heavy (non-hydrogen) atoms. The molecule has 2 rings (SSSR count). The molecule has 1 aromatic rings. The van der Waals surface area contributed by atoms with E-state index in [-0.39, 0.29) is 0 Å². The van der Waals surface area contributed by atoms with Gasteiger partial charge >= 0.3 is 0 Å². The lowest BCUT2D eigenvalue weighted by atomic mass is 10.0. The zero-order valence-electron chi connectivity index (χ0n) is 7.29. The Balaban J connectivity index is 2.23. The molecule has 0 N–H and O–H groups in total. The van der Waals surface area contributed by atoms with Gasteiger partial charge in [0.25, 0.3) is 0 Å². The van der Waals surface area contributed by atoms with Crippen molar-refractivity contribution in [3.05, 3.63) is 35.4 Å². The number of benzene rings is 1. The van der Waals surface area contributed by atoms with E-state index in [1.807, 2.05) is 11.9 Å². The van der Waals surface area contributed by atoms with Crippen molar-refractivity contribution in [1.29, 1.82) is 0 Å². The largest absolute Gasteiger partial charge is 0.246 e. The fourth-order valence-electron chi connectivity index (χ4n) is 1.63. The zero-order valence-corrected chi connectivity index (χ0v) is 8.10. The van der Waals surface area contributed by atoms with Crippen LogP contribution in [0.25, 0.3) is 0 Å².